The quantitative estimate of drug-likeness (QED) is 0.499. The van der Waals surface area contributed by atoms with Gasteiger partial charge >= 0.3 is 0 Å². The number of nitrogens with one attached hydrogen (secondary N) is 2. The molecular formula is C18H20ClN5OS. The van der Waals surface area contributed by atoms with Gasteiger partial charge in [-0.25, -0.2) is 0 Å². The lowest BCUT2D eigenvalue weighted by Gasteiger charge is -2.04. The molecular weight excluding hydrogens is 370 g/mol. The van der Waals surface area contributed by atoms with Gasteiger partial charge in [0.25, 0.3) is 5.91 Å². The number of carbonyl (C=O) groups is 1. The molecule has 0 aliphatic heterocycles. The maximum atomic E-state index is 12.3. The molecule has 26 heavy (non-hydrogen) atoms. The van der Waals surface area contributed by atoms with E-state index in [0.717, 1.165) is 38.3 Å². The molecule has 2 heterocycles. The van der Waals surface area contributed by atoms with E-state index < -0.39 is 0 Å². The summed E-state index contributed by atoms with van der Waals surface area (Å²) < 4.78 is 1.81. The van der Waals surface area contributed by atoms with Crippen molar-refractivity contribution in [2.24, 2.45) is 7.05 Å². The number of benzene rings is 1. The van der Waals surface area contributed by atoms with Gasteiger partial charge in [-0.3, -0.25) is 14.6 Å². The van der Waals surface area contributed by atoms with Crippen molar-refractivity contribution in [1.29, 1.82) is 0 Å². The maximum absolute atomic E-state index is 12.3. The number of hydrogen-bond acceptors (Lipinski definition) is 4. The first-order chi connectivity index (χ1) is 12.5. The molecule has 0 unspecified atom stereocenters. The number of aromatic nitrogens is 4. The number of amides is 1. The first kappa shape index (κ1) is 18.5. The Hall–Kier alpha value is -2.25. The standard InChI is InChI=1S/C18H20ClN5OS/c1-11-17(12(2)24(3)23-11)15-10-16(22-21-15)18(25)20-8-9-26-14-6-4-13(19)5-7-14/h4-7,10H,8-9H2,1-3H3,(H,20,25)(H,21,22). The van der Waals surface area contributed by atoms with Gasteiger partial charge in [-0.15, -0.1) is 11.8 Å². The molecule has 0 aliphatic rings. The molecule has 0 spiro atoms. The summed E-state index contributed by atoms with van der Waals surface area (Å²) in [5.74, 6) is 0.606. The van der Waals surface area contributed by atoms with Gasteiger partial charge in [-0.05, 0) is 44.2 Å². The van der Waals surface area contributed by atoms with Crippen LogP contribution in [0.2, 0.25) is 5.02 Å². The molecule has 136 valence electrons. The Morgan fingerprint density at radius 1 is 1.31 bits per heavy atom. The van der Waals surface area contributed by atoms with E-state index in [4.69, 9.17) is 11.6 Å². The van der Waals surface area contributed by atoms with Crippen LogP contribution >= 0.6 is 23.4 Å². The summed E-state index contributed by atoms with van der Waals surface area (Å²) >= 11 is 7.53. The second-order valence-corrected chi connectivity index (χ2v) is 7.50. The third-order valence-corrected chi connectivity index (χ3v) is 5.32. The summed E-state index contributed by atoms with van der Waals surface area (Å²) in [6, 6.07) is 9.41. The van der Waals surface area contributed by atoms with Crippen LogP contribution < -0.4 is 5.32 Å². The lowest BCUT2D eigenvalue weighted by molar-refractivity contribution is 0.0951. The van der Waals surface area contributed by atoms with Crippen LogP contribution in [0.4, 0.5) is 0 Å². The Bertz CT molecular complexity index is 916. The van der Waals surface area contributed by atoms with Crippen LogP contribution in [0.3, 0.4) is 0 Å². The van der Waals surface area contributed by atoms with Crippen molar-refractivity contribution < 1.29 is 4.79 Å². The van der Waals surface area contributed by atoms with Gasteiger partial charge in [0, 0.05) is 40.5 Å². The van der Waals surface area contributed by atoms with E-state index >= 15 is 0 Å². The minimum absolute atomic E-state index is 0.167. The van der Waals surface area contributed by atoms with E-state index in [1.807, 2.05) is 49.8 Å². The first-order valence-electron chi connectivity index (χ1n) is 8.18. The van der Waals surface area contributed by atoms with Gasteiger partial charge in [0.1, 0.15) is 5.69 Å². The molecule has 1 amide bonds. The fourth-order valence-corrected chi connectivity index (χ4v) is 3.56. The van der Waals surface area contributed by atoms with Crippen LogP contribution in [0.5, 0.6) is 0 Å². The van der Waals surface area contributed by atoms with E-state index in [0.29, 0.717) is 12.2 Å². The molecule has 0 saturated heterocycles. The summed E-state index contributed by atoms with van der Waals surface area (Å²) in [7, 11) is 1.89. The largest absolute Gasteiger partial charge is 0.350 e. The normalized spacial score (nSPS) is 10.9. The fourth-order valence-electron chi connectivity index (χ4n) is 2.67. The van der Waals surface area contributed by atoms with Gasteiger partial charge in [-0.2, -0.15) is 10.2 Å². The molecule has 0 radical (unpaired) electrons. The molecule has 0 fully saturated rings. The van der Waals surface area contributed by atoms with Crippen molar-refractivity contribution in [1.82, 2.24) is 25.3 Å². The van der Waals surface area contributed by atoms with Gasteiger partial charge in [0.2, 0.25) is 0 Å². The summed E-state index contributed by atoms with van der Waals surface area (Å²) in [4.78, 5) is 13.4. The van der Waals surface area contributed by atoms with Gasteiger partial charge < -0.3 is 5.32 Å². The Kier molecular flexibility index (Phi) is 5.68. The average Bonchev–Trinajstić information content (AvgIpc) is 3.18. The van der Waals surface area contributed by atoms with Crippen molar-refractivity contribution >= 4 is 29.3 Å². The predicted molar refractivity (Wildman–Crippen MR) is 105 cm³/mol. The molecule has 2 N–H and O–H groups in total. The summed E-state index contributed by atoms with van der Waals surface area (Å²) in [6.45, 7) is 4.48. The topological polar surface area (TPSA) is 75.6 Å². The highest BCUT2D eigenvalue weighted by molar-refractivity contribution is 7.99. The lowest BCUT2D eigenvalue weighted by Crippen LogP contribution is -2.26. The summed E-state index contributed by atoms with van der Waals surface area (Å²) in [6.07, 6.45) is 0. The number of carbonyl (C=O) groups excluding carboxylic acids is 1. The zero-order valence-corrected chi connectivity index (χ0v) is 16.4. The Balaban J connectivity index is 1.56. The number of hydrogen-bond donors (Lipinski definition) is 2. The number of aromatic amines is 1. The number of thioether (sulfide) groups is 1. The fraction of sp³-hybridized carbons (Fsp3) is 0.278. The van der Waals surface area contributed by atoms with Crippen LogP contribution in [-0.2, 0) is 7.05 Å². The molecule has 0 aliphatic carbocycles. The predicted octanol–water partition coefficient (Wildman–Crippen LogP) is 3.60. The summed E-state index contributed by atoms with van der Waals surface area (Å²) in [5, 5.41) is 15.1. The second kappa shape index (κ2) is 7.97. The SMILES string of the molecule is Cc1nn(C)c(C)c1-c1cc(C(=O)NCCSc2ccc(Cl)cc2)[nH]n1. The monoisotopic (exact) mass is 389 g/mol. The zero-order chi connectivity index (χ0) is 18.7. The van der Waals surface area contributed by atoms with Gasteiger partial charge in [0.05, 0.1) is 11.4 Å². The second-order valence-electron chi connectivity index (χ2n) is 5.89. The van der Waals surface area contributed by atoms with Crippen LogP contribution in [0.25, 0.3) is 11.3 Å². The van der Waals surface area contributed by atoms with E-state index in [-0.39, 0.29) is 5.91 Å². The highest BCUT2D eigenvalue weighted by Crippen LogP contribution is 2.25. The molecule has 1 aromatic carbocycles. The number of halogens is 1. The third kappa shape index (κ3) is 4.11. The zero-order valence-electron chi connectivity index (χ0n) is 14.8. The highest BCUT2D eigenvalue weighted by Gasteiger charge is 2.16. The van der Waals surface area contributed by atoms with Crippen LogP contribution in [0.1, 0.15) is 21.9 Å². The number of H-pyrrole nitrogens is 1. The van der Waals surface area contributed by atoms with Crippen LogP contribution in [0, 0.1) is 13.8 Å². The Labute approximate surface area is 161 Å². The minimum atomic E-state index is -0.167. The Morgan fingerprint density at radius 2 is 2.04 bits per heavy atom. The molecule has 2 aromatic heterocycles. The lowest BCUT2D eigenvalue weighted by atomic mass is 10.1. The summed E-state index contributed by atoms with van der Waals surface area (Å²) in [5.41, 5.74) is 4.04. The highest BCUT2D eigenvalue weighted by atomic mass is 35.5. The van der Waals surface area contributed by atoms with E-state index in [1.165, 1.54) is 0 Å². The molecule has 6 nitrogen and oxygen atoms in total. The molecule has 8 heteroatoms. The van der Waals surface area contributed by atoms with Crippen LogP contribution in [-0.4, -0.2) is 38.2 Å². The first-order valence-corrected chi connectivity index (χ1v) is 9.54. The van der Waals surface area contributed by atoms with Crippen molar-refractivity contribution in [2.45, 2.75) is 18.7 Å². The molecule has 0 saturated carbocycles. The smallest absolute Gasteiger partial charge is 0.269 e. The minimum Gasteiger partial charge on any atom is -0.350 e. The number of nitrogens with zero attached hydrogens (tertiary/aromatic N) is 3. The molecule has 3 aromatic rings. The van der Waals surface area contributed by atoms with E-state index in [9.17, 15) is 4.79 Å². The van der Waals surface area contributed by atoms with Crippen LogP contribution in [0.15, 0.2) is 35.2 Å². The van der Waals surface area contributed by atoms with Gasteiger partial charge in [0.15, 0.2) is 0 Å². The third-order valence-electron chi connectivity index (χ3n) is 4.06. The maximum Gasteiger partial charge on any atom is 0.269 e. The van der Waals surface area contributed by atoms with Crippen molar-refractivity contribution in [2.75, 3.05) is 12.3 Å². The average molecular weight is 390 g/mol. The Morgan fingerprint density at radius 3 is 2.69 bits per heavy atom. The van der Waals surface area contributed by atoms with E-state index in [1.54, 1.807) is 17.8 Å². The van der Waals surface area contributed by atoms with E-state index in [2.05, 4.69) is 20.6 Å². The molecule has 0 atom stereocenters. The molecule has 0 bridgehead atoms. The van der Waals surface area contributed by atoms with Crippen molar-refractivity contribution in [3.05, 3.63) is 52.4 Å². The van der Waals surface area contributed by atoms with Crippen molar-refractivity contribution in [3.63, 3.8) is 0 Å². The van der Waals surface area contributed by atoms with Gasteiger partial charge in [-0.1, -0.05) is 11.6 Å². The van der Waals surface area contributed by atoms with Crippen molar-refractivity contribution in [3.8, 4) is 11.3 Å². The number of rotatable bonds is 6. The number of aryl methyl sites for hydroxylation is 2. The molecule has 3 rings (SSSR count).